The van der Waals surface area contributed by atoms with Crippen LogP contribution < -0.4 is 5.32 Å². The number of hydrogen-bond donors (Lipinski definition) is 1. The minimum Gasteiger partial charge on any atom is -0.342 e. The van der Waals surface area contributed by atoms with Gasteiger partial charge >= 0.3 is 0 Å². The highest BCUT2D eigenvalue weighted by Gasteiger charge is 2.48. The van der Waals surface area contributed by atoms with Crippen molar-refractivity contribution in [3.63, 3.8) is 0 Å². The fraction of sp³-hybridized carbons (Fsp3) is 0.632. The van der Waals surface area contributed by atoms with E-state index < -0.39 is 0 Å². The van der Waals surface area contributed by atoms with Crippen molar-refractivity contribution in [2.75, 3.05) is 26.2 Å². The van der Waals surface area contributed by atoms with E-state index in [9.17, 15) is 4.79 Å². The molecule has 140 valence electrons. The highest BCUT2D eigenvalue weighted by atomic mass is 35.5. The van der Waals surface area contributed by atoms with Crippen LogP contribution in [-0.2, 0) is 10.2 Å². The Kier molecular flexibility index (Phi) is 7.45. The summed E-state index contributed by atoms with van der Waals surface area (Å²) < 4.78 is 0. The Balaban J connectivity index is 0.00000225. The summed E-state index contributed by atoms with van der Waals surface area (Å²) in [5.74, 6) is 0.977. The number of piperidine rings is 1. The van der Waals surface area contributed by atoms with Gasteiger partial charge in [-0.2, -0.15) is 0 Å². The molecule has 0 unspecified atom stereocenters. The van der Waals surface area contributed by atoms with E-state index in [1.54, 1.807) is 0 Å². The number of halogens is 3. The lowest BCUT2D eigenvalue weighted by Crippen LogP contribution is -2.53. The average Bonchev–Trinajstić information content (AvgIpc) is 2.55. The van der Waals surface area contributed by atoms with Gasteiger partial charge in [0.2, 0.25) is 5.91 Å². The summed E-state index contributed by atoms with van der Waals surface area (Å²) in [4.78, 5) is 15.3. The molecule has 6 heteroatoms. The average molecular weight is 406 g/mol. The fourth-order valence-corrected chi connectivity index (χ4v) is 4.24. The summed E-state index contributed by atoms with van der Waals surface area (Å²) in [5, 5.41) is 4.51. The quantitative estimate of drug-likeness (QED) is 0.771. The Morgan fingerprint density at radius 3 is 2.44 bits per heavy atom. The van der Waals surface area contributed by atoms with Crippen LogP contribution in [0.4, 0.5) is 0 Å². The summed E-state index contributed by atoms with van der Waals surface area (Å²) in [6, 6.07) is 5.68. The van der Waals surface area contributed by atoms with Gasteiger partial charge in [-0.05, 0) is 62.4 Å². The Morgan fingerprint density at radius 2 is 1.92 bits per heavy atom. The van der Waals surface area contributed by atoms with Crippen LogP contribution in [0.3, 0.4) is 0 Å². The molecule has 1 aromatic carbocycles. The molecule has 1 aliphatic carbocycles. The Bertz CT molecular complexity index is 596. The molecule has 1 heterocycles. The van der Waals surface area contributed by atoms with Gasteiger partial charge in [0.15, 0.2) is 0 Å². The van der Waals surface area contributed by atoms with Crippen LogP contribution in [0, 0.1) is 5.92 Å². The standard InChI is InChI=1S/C19H26Cl2N2O.ClH/c1-2-22-13-14-6-10-23(11-7-14)18(24)19(8-3-9-19)15-4-5-16(20)17(21)12-15;/h4-5,12,14,22H,2-3,6-11,13H2,1H3;1H. The third-order valence-electron chi connectivity index (χ3n) is 5.67. The predicted octanol–water partition coefficient (Wildman–Crippen LogP) is 4.69. The number of benzene rings is 1. The van der Waals surface area contributed by atoms with Gasteiger partial charge in [-0.15, -0.1) is 12.4 Å². The molecule has 3 rings (SSSR count). The largest absolute Gasteiger partial charge is 0.342 e. The van der Waals surface area contributed by atoms with Gasteiger partial charge in [0.05, 0.1) is 15.5 Å². The van der Waals surface area contributed by atoms with Crippen molar-refractivity contribution in [3.05, 3.63) is 33.8 Å². The normalized spacial score (nSPS) is 19.9. The molecule has 1 saturated carbocycles. The molecule has 1 N–H and O–H groups in total. The van der Waals surface area contributed by atoms with E-state index in [1.165, 1.54) is 0 Å². The van der Waals surface area contributed by atoms with E-state index in [4.69, 9.17) is 23.2 Å². The first-order valence-electron chi connectivity index (χ1n) is 9.02. The second kappa shape index (κ2) is 8.94. The molecule has 0 bridgehead atoms. The molecule has 2 aliphatic rings. The third kappa shape index (κ3) is 4.27. The molecule has 1 aromatic rings. The van der Waals surface area contributed by atoms with E-state index in [0.717, 1.165) is 63.8 Å². The SMILES string of the molecule is CCNCC1CCN(C(=O)C2(c3ccc(Cl)c(Cl)c3)CCC2)CC1.Cl. The van der Waals surface area contributed by atoms with E-state index in [1.807, 2.05) is 18.2 Å². The van der Waals surface area contributed by atoms with Crippen molar-refractivity contribution in [2.45, 2.75) is 44.4 Å². The second-order valence-electron chi connectivity index (χ2n) is 7.11. The van der Waals surface area contributed by atoms with Gasteiger partial charge in [0.1, 0.15) is 0 Å². The number of carbonyl (C=O) groups excluding carboxylic acids is 1. The minimum atomic E-state index is -0.372. The summed E-state index contributed by atoms with van der Waals surface area (Å²) in [6.07, 6.45) is 5.12. The fourth-order valence-electron chi connectivity index (χ4n) is 3.94. The highest BCUT2D eigenvalue weighted by molar-refractivity contribution is 6.42. The monoisotopic (exact) mass is 404 g/mol. The molecule has 25 heavy (non-hydrogen) atoms. The van der Waals surface area contributed by atoms with Gasteiger partial charge in [0, 0.05) is 13.1 Å². The Morgan fingerprint density at radius 1 is 1.24 bits per heavy atom. The van der Waals surface area contributed by atoms with Crippen LogP contribution in [0.15, 0.2) is 18.2 Å². The van der Waals surface area contributed by atoms with Crippen molar-refractivity contribution in [2.24, 2.45) is 5.92 Å². The van der Waals surface area contributed by atoms with E-state index >= 15 is 0 Å². The molecule has 0 aromatic heterocycles. The van der Waals surface area contributed by atoms with Crippen molar-refractivity contribution < 1.29 is 4.79 Å². The van der Waals surface area contributed by atoms with Crippen molar-refractivity contribution in [3.8, 4) is 0 Å². The number of amides is 1. The maximum atomic E-state index is 13.3. The lowest BCUT2D eigenvalue weighted by Gasteiger charge is -2.45. The van der Waals surface area contributed by atoms with Crippen molar-refractivity contribution in [1.29, 1.82) is 0 Å². The summed E-state index contributed by atoms with van der Waals surface area (Å²) in [7, 11) is 0. The predicted molar refractivity (Wildman–Crippen MR) is 107 cm³/mol. The molecular formula is C19H27Cl3N2O. The molecule has 1 amide bonds. The molecule has 3 nitrogen and oxygen atoms in total. The van der Waals surface area contributed by atoms with Crippen LogP contribution in [-0.4, -0.2) is 37.0 Å². The topological polar surface area (TPSA) is 32.3 Å². The summed E-state index contributed by atoms with van der Waals surface area (Å²) in [5.41, 5.74) is 0.658. The second-order valence-corrected chi connectivity index (χ2v) is 7.92. The first-order chi connectivity index (χ1) is 11.6. The molecule has 0 radical (unpaired) electrons. The highest BCUT2D eigenvalue weighted by Crippen LogP contribution is 2.46. The molecule has 1 saturated heterocycles. The van der Waals surface area contributed by atoms with E-state index in [0.29, 0.717) is 16.0 Å². The van der Waals surface area contributed by atoms with E-state index in [2.05, 4.69) is 17.1 Å². The smallest absolute Gasteiger partial charge is 0.233 e. The van der Waals surface area contributed by atoms with Crippen LogP contribution in [0.25, 0.3) is 0 Å². The number of carbonyl (C=O) groups is 1. The number of nitrogens with one attached hydrogen (secondary N) is 1. The molecule has 0 atom stereocenters. The molecular weight excluding hydrogens is 379 g/mol. The lowest BCUT2D eigenvalue weighted by molar-refractivity contribution is -0.142. The molecule has 0 spiro atoms. The zero-order valence-electron chi connectivity index (χ0n) is 14.7. The van der Waals surface area contributed by atoms with Crippen LogP contribution in [0.2, 0.25) is 10.0 Å². The maximum absolute atomic E-state index is 13.3. The van der Waals surface area contributed by atoms with Crippen LogP contribution in [0.1, 0.15) is 44.6 Å². The molecule has 2 fully saturated rings. The lowest BCUT2D eigenvalue weighted by atomic mass is 9.63. The van der Waals surface area contributed by atoms with Gasteiger partial charge in [-0.25, -0.2) is 0 Å². The molecule has 1 aliphatic heterocycles. The third-order valence-corrected chi connectivity index (χ3v) is 6.41. The first-order valence-corrected chi connectivity index (χ1v) is 9.78. The number of rotatable bonds is 5. The summed E-state index contributed by atoms with van der Waals surface area (Å²) >= 11 is 12.2. The van der Waals surface area contributed by atoms with Gasteiger partial charge in [0.25, 0.3) is 0 Å². The zero-order chi connectivity index (χ0) is 17.2. The van der Waals surface area contributed by atoms with Crippen LogP contribution in [0.5, 0.6) is 0 Å². The first kappa shape index (κ1) is 20.8. The van der Waals surface area contributed by atoms with Gasteiger partial charge < -0.3 is 10.2 Å². The maximum Gasteiger partial charge on any atom is 0.233 e. The van der Waals surface area contributed by atoms with Gasteiger partial charge in [-0.3, -0.25) is 4.79 Å². The van der Waals surface area contributed by atoms with Gasteiger partial charge in [-0.1, -0.05) is 42.6 Å². The number of hydrogen-bond acceptors (Lipinski definition) is 2. The number of nitrogens with zero attached hydrogens (tertiary/aromatic N) is 1. The van der Waals surface area contributed by atoms with Crippen LogP contribution >= 0.6 is 35.6 Å². The summed E-state index contributed by atoms with van der Waals surface area (Å²) in [6.45, 7) is 5.96. The zero-order valence-corrected chi connectivity index (χ0v) is 17.0. The van der Waals surface area contributed by atoms with Crippen molar-refractivity contribution >= 4 is 41.5 Å². The van der Waals surface area contributed by atoms with E-state index in [-0.39, 0.29) is 23.7 Å². The Labute approximate surface area is 166 Å². The van der Waals surface area contributed by atoms with Crippen molar-refractivity contribution in [1.82, 2.24) is 10.2 Å². The number of likely N-dealkylation sites (tertiary alicyclic amines) is 1. The Hall–Kier alpha value is -0.480. The minimum absolute atomic E-state index is 0.